The third-order valence-electron chi connectivity index (χ3n) is 2.61. The van der Waals surface area contributed by atoms with E-state index in [-0.39, 0.29) is 6.10 Å². The fourth-order valence-corrected chi connectivity index (χ4v) is 2.55. The van der Waals surface area contributed by atoms with Crippen LogP contribution in [-0.2, 0) is 0 Å². The Kier molecular flexibility index (Phi) is 16.3. The van der Waals surface area contributed by atoms with Crippen LogP contribution in [0.1, 0.15) is 19.8 Å². The van der Waals surface area contributed by atoms with E-state index < -0.39 is 0 Å². The van der Waals surface area contributed by atoms with Crippen LogP contribution in [0.25, 0.3) is 0 Å². The predicted octanol–water partition coefficient (Wildman–Crippen LogP) is -0.392. The van der Waals surface area contributed by atoms with Crippen LogP contribution in [0.3, 0.4) is 0 Å². The lowest BCUT2D eigenvalue weighted by atomic mass is 10.4. The summed E-state index contributed by atoms with van der Waals surface area (Å²) in [5.74, 6) is 1.99. The molecule has 0 aliphatic rings. The Hall–Kier alpha value is 0.150. The number of unbranched alkanes of at least 4 members (excludes halogenated alkanes) is 1. The third-order valence-corrected chi connectivity index (χ3v) is 3.81. The lowest BCUT2D eigenvalue weighted by Gasteiger charge is -2.12. The molecule has 6 heteroatoms. The first kappa shape index (κ1) is 19.1. The van der Waals surface area contributed by atoms with Gasteiger partial charge >= 0.3 is 0 Å². The van der Waals surface area contributed by atoms with Crippen LogP contribution in [0.2, 0.25) is 0 Å². The van der Waals surface area contributed by atoms with Crippen molar-refractivity contribution in [2.24, 2.45) is 5.73 Å². The Balaban J connectivity index is 3.07. The van der Waals surface area contributed by atoms with Crippen molar-refractivity contribution in [1.29, 1.82) is 0 Å². The fraction of sp³-hybridized carbons (Fsp3) is 1.00. The molecule has 1 atom stereocenters. The molecule has 1 unspecified atom stereocenters. The van der Waals surface area contributed by atoms with Crippen LogP contribution in [-0.4, -0.2) is 68.5 Å². The first-order chi connectivity index (χ1) is 9.31. The molecule has 0 aromatic carbocycles. The summed E-state index contributed by atoms with van der Waals surface area (Å²) < 4.78 is 0. The van der Waals surface area contributed by atoms with E-state index >= 15 is 0 Å². The number of nitrogens with one attached hydrogen (secondary N) is 3. The molecule has 0 rings (SSSR count). The summed E-state index contributed by atoms with van der Waals surface area (Å²) >= 11 is 1.84. The minimum Gasteiger partial charge on any atom is -0.391 e. The van der Waals surface area contributed by atoms with Gasteiger partial charge in [-0.05, 0) is 12.2 Å². The molecular weight excluding hydrogens is 260 g/mol. The molecule has 0 heterocycles. The lowest BCUT2D eigenvalue weighted by molar-refractivity contribution is 0.196. The number of aliphatic hydroxyl groups is 1. The van der Waals surface area contributed by atoms with E-state index in [2.05, 4.69) is 22.9 Å². The Bertz CT molecular complexity index is 175. The number of hydrogen-bond acceptors (Lipinski definition) is 6. The van der Waals surface area contributed by atoms with Crippen LogP contribution in [0.15, 0.2) is 0 Å². The highest BCUT2D eigenvalue weighted by Crippen LogP contribution is 2.05. The van der Waals surface area contributed by atoms with E-state index in [0.29, 0.717) is 13.1 Å². The van der Waals surface area contributed by atoms with E-state index in [1.807, 2.05) is 11.8 Å². The summed E-state index contributed by atoms with van der Waals surface area (Å²) in [6.45, 7) is 8.18. The monoisotopic (exact) mass is 292 g/mol. The highest BCUT2D eigenvalue weighted by atomic mass is 32.2. The van der Waals surface area contributed by atoms with Crippen LogP contribution >= 0.6 is 11.8 Å². The second-order valence-electron chi connectivity index (χ2n) is 4.58. The third kappa shape index (κ3) is 16.1. The molecule has 0 spiro atoms. The molecule has 0 saturated carbocycles. The normalized spacial score (nSPS) is 12.8. The van der Waals surface area contributed by atoms with Gasteiger partial charge in [-0.15, -0.1) is 0 Å². The molecule has 0 aliphatic carbocycles. The average molecular weight is 292 g/mol. The SMILES string of the molecule is CCCCSCC(O)CNCCNCCNCCN. The van der Waals surface area contributed by atoms with Crippen molar-refractivity contribution in [3.63, 3.8) is 0 Å². The summed E-state index contributed by atoms with van der Waals surface area (Å²) in [4.78, 5) is 0. The minimum atomic E-state index is -0.229. The van der Waals surface area contributed by atoms with Gasteiger partial charge in [-0.3, -0.25) is 0 Å². The standard InChI is InChI=1S/C13H32N4OS/c1-2-3-10-19-12-13(18)11-17-9-8-16-7-6-15-5-4-14/h13,15-18H,2-12,14H2,1H3. The zero-order chi connectivity index (χ0) is 14.2. The molecule has 5 nitrogen and oxygen atoms in total. The van der Waals surface area contributed by atoms with Gasteiger partial charge in [-0.1, -0.05) is 13.3 Å². The first-order valence-electron chi connectivity index (χ1n) is 7.39. The summed E-state index contributed by atoms with van der Waals surface area (Å²) in [5.41, 5.74) is 5.37. The van der Waals surface area contributed by atoms with Gasteiger partial charge in [0, 0.05) is 51.6 Å². The predicted molar refractivity (Wildman–Crippen MR) is 85.9 cm³/mol. The van der Waals surface area contributed by atoms with Crippen LogP contribution in [0.4, 0.5) is 0 Å². The quantitative estimate of drug-likeness (QED) is 0.264. The Morgan fingerprint density at radius 3 is 2.32 bits per heavy atom. The zero-order valence-corrected chi connectivity index (χ0v) is 13.1. The molecule has 19 heavy (non-hydrogen) atoms. The lowest BCUT2D eigenvalue weighted by Crippen LogP contribution is -2.36. The van der Waals surface area contributed by atoms with Crippen molar-refractivity contribution in [2.75, 3.05) is 57.3 Å². The average Bonchev–Trinajstić information content (AvgIpc) is 2.42. The maximum atomic E-state index is 9.72. The van der Waals surface area contributed by atoms with Crippen LogP contribution in [0, 0.1) is 0 Å². The molecule has 0 radical (unpaired) electrons. The summed E-state index contributed by atoms with van der Waals surface area (Å²) in [7, 11) is 0. The molecule has 116 valence electrons. The number of thioether (sulfide) groups is 1. The van der Waals surface area contributed by atoms with Gasteiger partial charge in [0.1, 0.15) is 0 Å². The highest BCUT2D eigenvalue weighted by Gasteiger charge is 2.02. The van der Waals surface area contributed by atoms with Gasteiger partial charge in [0.15, 0.2) is 0 Å². The van der Waals surface area contributed by atoms with Gasteiger partial charge < -0.3 is 26.8 Å². The molecule has 0 saturated heterocycles. The van der Waals surface area contributed by atoms with Crippen molar-refractivity contribution < 1.29 is 5.11 Å². The highest BCUT2D eigenvalue weighted by molar-refractivity contribution is 7.99. The van der Waals surface area contributed by atoms with E-state index in [9.17, 15) is 5.11 Å². The Morgan fingerprint density at radius 2 is 1.68 bits per heavy atom. The number of rotatable bonds is 15. The van der Waals surface area contributed by atoms with Crippen LogP contribution < -0.4 is 21.7 Å². The van der Waals surface area contributed by atoms with Crippen LogP contribution in [0.5, 0.6) is 0 Å². The zero-order valence-electron chi connectivity index (χ0n) is 12.3. The Labute approximate surface area is 122 Å². The van der Waals surface area contributed by atoms with E-state index in [1.165, 1.54) is 12.8 Å². The van der Waals surface area contributed by atoms with Gasteiger partial charge in [0.05, 0.1) is 6.10 Å². The van der Waals surface area contributed by atoms with Gasteiger partial charge in [-0.2, -0.15) is 11.8 Å². The van der Waals surface area contributed by atoms with E-state index in [4.69, 9.17) is 5.73 Å². The molecule has 0 bridgehead atoms. The fourth-order valence-electron chi connectivity index (χ4n) is 1.50. The maximum absolute atomic E-state index is 9.72. The van der Waals surface area contributed by atoms with Gasteiger partial charge in [0.25, 0.3) is 0 Å². The largest absolute Gasteiger partial charge is 0.391 e. The first-order valence-corrected chi connectivity index (χ1v) is 8.54. The smallest absolute Gasteiger partial charge is 0.0754 e. The summed E-state index contributed by atoms with van der Waals surface area (Å²) in [5, 5.41) is 19.5. The van der Waals surface area contributed by atoms with Crippen molar-refractivity contribution >= 4 is 11.8 Å². The molecule has 0 aliphatic heterocycles. The van der Waals surface area contributed by atoms with Crippen molar-refractivity contribution in [2.45, 2.75) is 25.9 Å². The van der Waals surface area contributed by atoms with E-state index in [0.717, 1.165) is 44.2 Å². The van der Waals surface area contributed by atoms with Crippen molar-refractivity contribution in [1.82, 2.24) is 16.0 Å². The molecular formula is C13H32N4OS. The molecule has 6 N–H and O–H groups in total. The summed E-state index contributed by atoms with van der Waals surface area (Å²) in [6.07, 6.45) is 2.24. The Morgan fingerprint density at radius 1 is 1.05 bits per heavy atom. The summed E-state index contributed by atoms with van der Waals surface area (Å²) in [6, 6.07) is 0. The molecule has 0 amide bonds. The number of nitrogens with two attached hydrogens (primary N) is 1. The second-order valence-corrected chi connectivity index (χ2v) is 5.72. The molecule has 0 aromatic heterocycles. The van der Waals surface area contributed by atoms with Crippen molar-refractivity contribution in [3.8, 4) is 0 Å². The van der Waals surface area contributed by atoms with Gasteiger partial charge in [-0.25, -0.2) is 0 Å². The molecule has 0 fully saturated rings. The number of hydrogen-bond donors (Lipinski definition) is 5. The van der Waals surface area contributed by atoms with Crippen molar-refractivity contribution in [3.05, 3.63) is 0 Å². The second kappa shape index (κ2) is 16.2. The van der Waals surface area contributed by atoms with E-state index in [1.54, 1.807) is 0 Å². The van der Waals surface area contributed by atoms with Gasteiger partial charge in [0.2, 0.25) is 0 Å². The molecule has 0 aromatic rings. The maximum Gasteiger partial charge on any atom is 0.0754 e. The number of aliphatic hydroxyl groups excluding tert-OH is 1. The minimum absolute atomic E-state index is 0.229. The topological polar surface area (TPSA) is 82.3 Å².